The molecule has 0 saturated carbocycles. The third-order valence-electron chi connectivity index (χ3n) is 3.68. The molecule has 12 N–H and O–H groups in total. The summed E-state index contributed by atoms with van der Waals surface area (Å²) in [4.78, 5) is 39.2. The van der Waals surface area contributed by atoms with Gasteiger partial charge in [0.1, 0.15) is 12.1 Å². The molecule has 27 heavy (non-hydrogen) atoms. The zero-order chi connectivity index (χ0) is 20.8. The van der Waals surface area contributed by atoms with Gasteiger partial charge in [0.2, 0.25) is 11.8 Å². The van der Waals surface area contributed by atoms with Crippen LogP contribution >= 0.6 is 0 Å². The first-order valence-corrected chi connectivity index (χ1v) is 8.68. The van der Waals surface area contributed by atoms with E-state index in [0.717, 1.165) is 0 Å². The van der Waals surface area contributed by atoms with E-state index >= 15 is 0 Å². The molecule has 0 bridgehead atoms. The van der Waals surface area contributed by atoms with Crippen molar-refractivity contribution >= 4 is 23.7 Å². The van der Waals surface area contributed by atoms with Crippen LogP contribution in [0.4, 0.5) is 0 Å². The molecule has 0 aliphatic heterocycles. The molecule has 0 spiro atoms. The number of unbranched alkanes of at least 4 members (excludes halogenated alkanes) is 1. The van der Waals surface area contributed by atoms with Gasteiger partial charge in [-0.2, -0.15) is 0 Å². The zero-order valence-electron chi connectivity index (χ0n) is 15.3. The van der Waals surface area contributed by atoms with Gasteiger partial charge in [0.05, 0.1) is 12.6 Å². The Kier molecular flexibility index (Phi) is 12.5. The number of aliphatic carboxylic acids is 1. The van der Waals surface area contributed by atoms with Gasteiger partial charge < -0.3 is 43.8 Å². The minimum Gasteiger partial charge on any atom is -0.480 e. The molecule has 12 heteroatoms. The Hall–Kier alpha value is -2.44. The number of carbonyl (C=O) groups is 3. The number of aliphatic hydroxyl groups is 1. The number of amides is 2. The second kappa shape index (κ2) is 13.7. The summed E-state index contributed by atoms with van der Waals surface area (Å²) in [5.74, 6) is -2.80. The van der Waals surface area contributed by atoms with Gasteiger partial charge in [-0.1, -0.05) is 6.42 Å². The summed E-state index contributed by atoms with van der Waals surface area (Å²) in [5, 5.41) is 23.1. The third-order valence-corrected chi connectivity index (χ3v) is 3.68. The summed E-state index contributed by atoms with van der Waals surface area (Å²) in [6.07, 6.45) is 2.13. The molecule has 0 aliphatic rings. The second-order valence-corrected chi connectivity index (χ2v) is 5.98. The molecule has 0 radical (unpaired) electrons. The van der Waals surface area contributed by atoms with Crippen LogP contribution in [0, 0.1) is 0 Å². The lowest BCUT2D eigenvalue weighted by atomic mass is 10.1. The molecule has 0 aromatic heterocycles. The Morgan fingerprint density at radius 2 is 1.59 bits per heavy atom. The van der Waals surface area contributed by atoms with Crippen LogP contribution in [0.3, 0.4) is 0 Å². The Morgan fingerprint density at radius 3 is 2.11 bits per heavy atom. The van der Waals surface area contributed by atoms with Gasteiger partial charge in [-0.25, -0.2) is 4.79 Å². The summed E-state index contributed by atoms with van der Waals surface area (Å²) >= 11 is 0. The van der Waals surface area contributed by atoms with Crippen LogP contribution in [0.1, 0.15) is 32.1 Å². The number of carboxylic acid groups (broad SMARTS) is 1. The van der Waals surface area contributed by atoms with E-state index in [0.29, 0.717) is 32.2 Å². The van der Waals surface area contributed by atoms with Crippen LogP contribution in [0.5, 0.6) is 0 Å². The van der Waals surface area contributed by atoms with E-state index in [2.05, 4.69) is 15.6 Å². The Labute approximate surface area is 157 Å². The standard InChI is InChI=1S/C15H31N7O5/c16-6-2-1-4-9(17)12(24)22-11(8-23)13(25)21-10(14(26)27)5-3-7-20-15(18)19/h9-11,23H,1-8,16-17H2,(H,21,25)(H,22,24)(H,26,27)(H4,18,19,20). The first kappa shape index (κ1) is 24.6. The molecule has 3 unspecified atom stereocenters. The predicted molar refractivity (Wildman–Crippen MR) is 99.4 cm³/mol. The number of hydrogen-bond acceptors (Lipinski definition) is 7. The average Bonchev–Trinajstić information content (AvgIpc) is 2.61. The van der Waals surface area contributed by atoms with Crippen molar-refractivity contribution in [3.8, 4) is 0 Å². The molecular weight excluding hydrogens is 358 g/mol. The number of nitrogens with one attached hydrogen (secondary N) is 2. The number of nitrogens with two attached hydrogens (primary N) is 4. The van der Waals surface area contributed by atoms with Crippen molar-refractivity contribution in [2.75, 3.05) is 19.7 Å². The number of hydrogen-bond donors (Lipinski definition) is 8. The SMILES string of the molecule is NCCCCC(N)C(=O)NC(CO)C(=O)NC(CCCN=C(N)N)C(=O)O. The second-order valence-electron chi connectivity index (χ2n) is 5.98. The minimum atomic E-state index is -1.31. The summed E-state index contributed by atoms with van der Waals surface area (Å²) < 4.78 is 0. The Morgan fingerprint density at radius 1 is 0.963 bits per heavy atom. The highest BCUT2D eigenvalue weighted by atomic mass is 16.4. The van der Waals surface area contributed by atoms with Gasteiger partial charge in [0.15, 0.2) is 5.96 Å². The molecule has 0 aromatic carbocycles. The number of aliphatic hydroxyl groups excluding tert-OH is 1. The van der Waals surface area contributed by atoms with Crippen LogP contribution in [0.15, 0.2) is 4.99 Å². The van der Waals surface area contributed by atoms with E-state index in [-0.39, 0.29) is 18.9 Å². The number of guanidine groups is 1. The van der Waals surface area contributed by atoms with Gasteiger partial charge in [-0.3, -0.25) is 14.6 Å². The lowest BCUT2D eigenvalue weighted by Gasteiger charge is -2.21. The smallest absolute Gasteiger partial charge is 0.326 e. The van der Waals surface area contributed by atoms with Gasteiger partial charge >= 0.3 is 5.97 Å². The van der Waals surface area contributed by atoms with Crippen LogP contribution in [-0.4, -0.2) is 71.8 Å². The highest BCUT2D eigenvalue weighted by Gasteiger charge is 2.27. The highest BCUT2D eigenvalue weighted by Crippen LogP contribution is 2.01. The number of carbonyl (C=O) groups excluding carboxylic acids is 2. The van der Waals surface area contributed by atoms with E-state index in [4.69, 9.17) is 22.9 Å². The van der Waals surface area contributed by atoms with Crippen molar-refractivity contribution in [2.24, 2.45) is 27.9 Å². The van der Waals surface area contributed by atoms with E-state index < -0.39 is 42.5 Å². The van der Waals surface area contributed by atoms with Crippen molar-refractivity contribution in [1.82, 2.24) is 10.6 Å². The van der Waals surface area contributed by atoms with Crippen molar-refractivity contribution in [3.05, 3.63) is 0 Å². The maximum atomic E-state index is 12.2. The average molecular weight is 389 g/mol. The van der Waals surface area contributed by atoms with Crippen molar-refractivity contribution in [3.63, 3.8) is 0 Å². The molecule has 12 nitrogen and oxygen atoms in total. The third kappa shape index (κ3) is 11.0. The molecule has 0 fully saturated rings. The normalized spacial score (nSPS) is 13.9. The first-order valence-electron chi connectivity index (χ1n) is 8.68. The van der Waals surface area contributed by atoms with E-state index in [1.54, 1.807) is 0 Å². The molecule has 0 heterocycles. The van der Waals surface area contributed by atoms with Crippen LogP contribution in [0.25, 0.3) is 0 Å². The van der Waals surface area contributed by atoms with Crippen molar-refractivity contribution in [1.29, 1.82) is 0 Å². The number of rotatable bonds is 14. The van der Waals surface area contributed by atoms with Gasteiger partial charge in [-0.05, 0) is 32.2 Å². The monoisotopic (exact) mass is 389 g/mol. The van der Waals surface area contributed by atoms with Crippen molar-refractivity contribution in [2.45, 2.75) is 50.2 Å². The van der Waals surface area contributed by atoms with E-state index in [1.807, 2.05) is 0 Å². The first-order chi connectivity index (χ1) is 12.7. The molecule has 0 rings (SSSR count). The number of nitrogens with zero attached hydrogens (tertiary/aromatic N) is 1. The van der Waals surface area contributed by atoms with Crippen LogP contribution < -0.4 is 33.6 Å². The molecule has 0 aromatic rings. The number of carboxylic acids is 1. The molecule has 156 valence electrons. The predicted octanol–water partition coefficient (Wildman–Crippen LogP) is -3.46. The molecule has 3 atom stereocenters. The quantitative estimate of drug-likeness (QED) is 0.0836. The lowest BCUT2D eigenvalue weighted by molar-refractivity contribution is -0.142. The Balaban J connectivity index is 4.62. The minimum absolute atomic E-state index is 0.0720. The highest BCUT2D eigenvalue weighted by molar-refractivity contribution is 5.91. The fourth-order valence-electron chi connectivity index (χ4n) is 2.15. The maximum Gasteiger partial charge on any atom is 0.326 e. The molecule has 0 saturated heterocycles. The van der Waals surface area contributed by atoms with Gasteiger partial charge in [0, 0.05) is 6.54 Å². The number of aliphatic imine (C=N–C) groups is 1. The summed E-state index contributed by atoms with van der Waals surface area (Å²) in [7, 11) is 0. The van der Waals surface area contributed by atoms with E-state index in [9.17, 15) is 24.6 Å². The molecule has 0 aliphatic carbocycles. The summed E-state index contributed by atoms with van der Waals surface area (Å²) in [5.41, 5.74) is 21.4. The molecular formula is C15H31N7O5. The topological polar surface area (TPSA) is 232 Å². The van der Waals surface area contributed by atoms with E-state index in [1.165, 1.54) is 0 Å². The van der Waals surface area contributed by atoms with Crippen molar-refractivity contribution < 1.29 is 24.6 Å². The molecule has 2 amide bonds. The fraction of sp³-hybridized carbons (Fsp3) is 0.733. The Bertz CT molecular complexity index is 511. The van der Waals surface area contributed by atoms with Crippen LogP contribution in [0.2, 0.25) is 0 Å². The largest absolute Gasteiger partial charge is 0.480 e. The lowest BCUT2D eigenvalue weighted by Crippen LogP contribution is -2.55. The fourth-order valence-corrected chi connectivity index (χ4v) is 2.15. The zero-order valence-corrected chi connectivity index (χ0v) is 15.3. The van der Waals surface area contributed by atoms with Gasteiger partial charge in [-0.15, -0.1) is 0 Å². The maximum absolute atomic E-state index is 12.2. The van der Waals surface area contributed by atoms with Gasteiger partial charge in [0.25, 0.3) is 0 Å². The summed E-state index contributed by atoms with van der Waals surface area (Å²) in [6, 6.07) is -3.37. The summed E-state index contributed by atoms with van der Waals surface area (Å²) in [6.45, 7) is -0.0109. The van der Waals surface area contributed by atoms with Crippen LogP contribution in [-0.2, 0) is 14.4 Å².